The van der Waals surface area contributed by atoms with E-state index in [1.165, 1.54) is 12.1 Å². The topological polar surface area (TPSA) is 52.7 Å². The van der Waals surface area contributed by atoms with Crippen LogP contribution in [0, 0.1) is 11.7 Å². The summed E-state index contributed by atoms with van der Waals surface area (Å²) >= 11 is 0. The monoisotopic (exact) mass is 319 g/mol. The molecule has 1 aromatic rings. The SMILES string of the molecule is C[C@H]1CCCN(C(=O)N[C@H]2CC(=O)N(c3ccc(F)cc3)C2)C1. The van der Waals surface area contributed by atoms with Gasteiger partial charge >= 0.3 is 6.03 Å². The molecule has 5 nitrogen and oxygen atoms in total. The number of benzene rings is 1. The van der Waals surface area contributed by atoms with Gasteiger partial charge in [0.15, 0.2) is 0 Å². The molecule has 0 radical (unpaired) electrons. The van der Waals surface area contributed by atoms with Crippen LogP contribution in [-0.2, 0) is 4.79 Å². The van der Waals surface area contributed by atoms with Crippen molar-refractivity contribution in [1.29, 1.82) is 0 Å². The lowest BCUT2D eigenvalue weighted by molar-refractivity contribution is -0.117. The van der Waals surface area contributed by atoms with Crippen molar-refractivity contribution in [2.24, 2.45) is 5.92 Å². The minimum absolute atomic E-state index is 0.0473. The molecule has 2 saturated heterocycles. The van der Waals surface area contributed by atoms with Gasteiger partial charge in [-0.05, 0) is 43.0 Å². The second-order valence-corrected chi connectivity index (χ2v) is 6.52. The highest BCUT2D eigenvalue weighted by Gasteiger charge is 2.33. The van der Waals surface area contributed by atoms with Crippen LogP contribution in [0.25, 0.3) is 0 Å². The van der Waals surface area contributed by atoms with Crippen molar-refractivity contribution in [3.8, 4) is 0 Å². The Bertz CT molecular complexity index is 590. The maximum absolute atomic E-state index is 13.0. The Labute approximate surface area is 135 Å². The smallest absolute Gasteiger partial charge is 0.317 e. The van der Waals surface area contributed by atoms with Gasteiger partial charge in [-0.25, -0.2) is 9.18 Å². The van der Waals surface area contributed by atoms with E-state index in [1.807, 2.05) is 4.90 Å². The summed E-state index contributed by atoms with van der Waals surface area (Å²) in [5, 5.41) is 2.96. The fourth-order valence-corrected chi connectivity index (χ4v) is 3.31. The number of anilines is 1. The summed E-state index contributed by atoms with van der Waals surface area (Å²) in [4.78, 5) is 27.9. The Morgan fingerprint density at radius 1 is 1.26 bits per heavy atom. The number of carbonyl (C=O) groups excluding carboxylic acids is 2. The first-order valence-electron chi connectivity index (χ1n) is 8.14. The van der Waals surface area contributed by atoms with Crippen LogP contribution in [0.2, 0.25) is 0 Å². The molecule has 1 aromatic carbocycles. The van der Waals surface area contributed by atoms with E-state index in [9.17, 15) is 14.0 Å². The number of hydrogen-bond donors (Lipinski definition) is 1. The molecule has 1 N–H and O–H groups in total. The van der Waals surface area contributed by atoms with Gasteiger partial charge in [0, 0.05) is 31.7 Å². The van der Waals surface area contributed by atoms with Gasteiger partial charge in [-0.1, -0.05) is 6.92 Å². The van der Waals surface area contributed by atoms with Crippen molar-refractivity contribution in [2.75, 3.05) is 24.5 Å². The molecule has 3 rings (SSSR count). The van der Waals surface area contributed by atoms with E-state index < -0.39 is 0 Å². The molecule has 2 heterocycles. The highest BCUT2D eigenvalue weighted by atomic mass is 19.1. The molecule has 0 aliphatic carbocycles. The number of halogens is 1. The van der Waals surface area contributed by atoms with Gasteiger partial charge in [0.25, 0.3) is 0 Å². The second kappa shape index (κ2) is 6.56. The first-order chi connectivity index (χ1) is 11.0. The third-order valence-electron chi connectivity index (χ3n) is 4.54. The van der Waals surface area contributed by atoms with Crippen molar-refractivity contribution in [1.82, 2.24) is 10.2 Å². The first-order valence-corrected chi connectivity index (χ1v) is 8.14. The molecular formula is C17H22FN3O2. The zero-order chi connectivity index (χ0) is 16.4. The molecule has 0 aromatic heterocycles. The standard InChI is InChI=1S/C17H22FN3O2/c1-12-3-2-8-20(10-12)17(23)19-14-9-16(22)21(11-14)15-6-4-13(18)5-7-15/h4-7,12,14H,2-3,8-11H2,1H3,(H,19,23)/t12-,14-/m0/s1. The lowest BCUT2D eigenvalue weighted by Gasteiger charge is -2.31. The van der Waals surface area contributed by atoms with E-state index >= 15 is 0 Å². The lowest BCUT2D eigenvalue weighted by Crippen LogP contribution is -2.49. The Balaban J connectivity index is 1.59. The zero-order valence-corrected chi connectivity index (χ0v) is 13.3. The molecule has 124 valence electrons. The van der Waals surface area contributed by atoms with Gasteiger partial charge in [-0.15, -0.1) is 0 Å². The number of hydrogen-bond acceptors (Lipinski definition) is 2. The van der Waals surface area contributed by atoms with Crippen LogP contribution in [0.15, 0.2) is 24.3 Å². The van der Waals surface area contributed by atoms with E-state index in [0.29, 0.717) is 18.2 Å². The number of nitrogens with one attached hydrogen (secondary N) is 1. The largest absolute Gasteiger partial charge is 0.333 e. The predicted octanol–water partition coefficient (Wildman–Crippen LogP) is 2.37. The molecule has 23 heavy (non-hydrogen) atoms. The van der Waals surface area contributed by atoms with Crippen LogP contribution >= 0.6 is 0 Å². The number of carbonyl (C=O) groups is 2. The van der Waals surface area contributed by atoms with Crippen molar-refractivity contribution >= 4 is 17.6 Å². The van der Waals surface area contributed by atoms with Crippen LogP contribution in [0.1, 0.15) is 26.2 Å². The van der Waals surface area contributed by atoms with Gasteiger partial charge in [-0.2, -0.15) is 0 Å². The summed E-state index contributed by atoms with van der Waals surface area (Å²) in [6.45, 7) is 4.13. The molecule has 0 bridgehead atoms. The molecule has 3 amide bonds. The number of rotatable bonds is 2. The quantitative estimate of drug-likeness (QED) is 0.910. The van der Waals surface area contributed by atoms with Crippen molar-refractivity contribution in [3.05, 3.63) is 30.1 Å². The second-order valence-electron chi connectivity index (χ2n) is 6.52. The Kier molecular flexibility index (Phi) is 4.50. The van der Waals surface area contributed by atoms with Crippen LogP contribution < -0.4 is 10.2 Å². The predicted molar refractivity (Wildman–Crippen MR) is 85.7 cm³/mol. The summed E-state index contributed by atoms with van der Waals surface area (Å²) in [5.74, 6) is 0.147. The Morgan fingerprint density at radius 2 is 2.00 bits per heavy atom. The Hall–Kier alpha value is -2.11. The van der Waals surface area contributed by atoms with Gasteiger partial charge < -0.3 is 15.1 Å². The summed E-state index contributed by atoms with van der Waals surface area (Å²) < 4.78 is 13.0. The molecular weight excluding hydrogens is 297 g/mol. The van der Waals surface area contributed by atoms with E-state index in [1.54, 1.807) is 17.0 Å². The summed E-state index contributed by atoms with van der Waals surface area (Å²) in [6.07, 6.45) is 2.47. The van der Waals surface area contributed by atoms with Gasteiger partial charge in [0.2, 0.25) is 5.91 Å². The highest BCUT2D eigenvalue weighted by molar-refractivity contribution is 5.96. The molecule has 0 unspecified atom stereocenters. The number of amides is 3. The fourth-order valence-electron chi connectivity index (χ4n) is 3.31. The third-order valence-corrected chi connectivity index (χ3v) is 4.54. The molecule has 2 atom stereocenters. The van der Waals surface area contributed by atoms with Crippen LogP contribution in [0.3, 0.4) is 0 Å². The minimum Gasteiger partial charge on any atom is -0.333 e. The molecule has 6 heteroatoms. The van der Waals surface area contributed by atoms with Crippen LogP contribution in [0.5, 0.6) is 0 Å². The van der Waals surface area contributed by atoms with Gasteiger partial charge in [-0.3, -0.25) is 4.79 Å². The summed E-state index contributed by atoms with van der Waals surface area (Å²) in [7, 11) is 0. The fraction of sp³-hybridized carbons (Fsp3) is 0.529. The van der Waals surface area contributed by atoms with Gasteiger partial charge in [0.05, 0.1) is 6.04 Å². The number of nitrogens with zero attached hydrogens (tertiary/aromatic N) is 2. The number of likely N-dealkylation sites (tertiary alicyclic amines) is 1. The normalized spacial score (nSPS) is 24.9. The van der Waals surface area contributed by atoms with Crippen LogP contribution in [-0.4, -0.2) is 42.5 Å². The molecule has 2 aliphatic rings. The van der Waals surface area contributed by atoms with Crippen molar-refractivity contribution in [3.63, 3.8) is 0 Å². The molecule has 0 spiro atoms. The highest BCUT2D eigenvalue weighted by Crippen LogP contribution is 2.22. The lowest BCUT2D eigenvalue weighted by atomic mass is 10.0. The third kappa shape index (κ3) is 3.63. The average Bonchev–Trinajstić information content (AvgIpc) is 2.88. The average molecular weight is 319 g/mol. The van der Waals surface area contributed by atoms with Crippen LogP contribution in [0.4, 0.5) is 14.9 Å². The van der Waals surface area contributed by atoms with Crippen molar-refractivity contribution in [2.45, 2.75) is 32.2 Å². The van der Waals surface area contributed by atoms with E-state index in [2.05, 4.69) is 12.2 Å². The molecule has 2 fully saturated rings. The van der Waals surface area contributed by atoms with E-state index in [-0.39, 0.29) is 30.2 Å². The van der Waals surface area contributed by atoms with Gasteiger partial charge in [0.1, 0.15) is 5.82 Å². The zero-order valence-electron chi connectivity index (χ0n) is 13.3. The number of urea groups is 1. The summed E-state index contributed by atoms with van der Waals surface area (Å²) in [5.41, 5.74) is 0.666. The van der Waals surface area contributed by atoms with E-state index in [4.69, 9.17) is 0 Å². The molecule has 0 saturated carbocycles. The summed E-state index contributed by atoms with van der Waals surface area (Å²) in [6, 6.07) is 5.56. The minimum atomic E-state index is -0.329. The molecule has 2 aliphatic heterocycles. The number of piperidine rings is 1. The maximum atomic E-state index is 13.0. The Morgan fingerprint density at radius 3 is 2.70 bits per heavy atom. The maximum Gasteiger partial charge on any atom is 0.317 e. The van der Waals surface area contributed by atoms with Crippen molar-refractivity contribution < 1.29 is 14.0 Å². The first kappa shape index (κ1) is 15.8. The van der Waals surface area contributed by atoms with E-state index in [0.717, 1.165) is 25.9 Å².